The molecule has 0 heterocycles. The number of hydrogen-bond donors (Lipinski definition) is 2. The van der Waals surface area contributed by atoms with E-state index in [1.54, 1.807) is 12.1 Å². The van der Waals surface area contributed by atoms with Gasteiger partial charge in [-0.15, -0.1) is 0 Å². The molecule has 0 bridgehead atoms. The second-order valence-electron chi connectivity index (χ2n) is 6.44. The van der Waals surface area contributed by atoms with E-state index in [1.165, 1.54) is 12.1 Å². The maximum absolute atomic E-state index is 14.0. The molecule has 134 valence electrons. The van der Waals surface area contributed by atoms with Gasteiger partial charge in [0.25, 0.3) is 5.91 Å². The molecule has 0 saturated heterocycles. The fraction of sp³-hybridized carbons (Fsp3) is 0.588. The molecule has 0 unspecified atom stereocenters. The van der Waals surface area contributed by atoms with E-state index in [-0.39, 0.29) is 18.5 Å². The minimum Gasteiger partial charge on any atom is -0.494 e. The molecule has 0 spiro atoms. The highest BCUT2D eigenvalue weighted by atomic mass is 19.3. The van der Waals surface area contributed by atoms with Gasteiger partial charge in [-0.2, -0.15) is 8.78 Å². The largest absolute Gasteiger partial charge is 0.494 e. The van der Waals surface area contributed by atoms with E-state index in [4.69, 9.17) is 4.74 Å². The molecule has 1 amide bonds. The maximum atomic E-state index is 14.0. The molecule has 1 aromatic rings. The van der Waals surface area contributed by atoms with E-state index in [1.807, 2.05) is 14.1 Å². The quantitative estimate of drug-likeness (QED) is 0.713. The molecule has 0 atom stereocenters. The second kappa shape index (κ2) is 7.44. The van der Waals surface area contributed by atoms with Gasteiger partial charge in [-0.1, -0.05) is 0 Å². The Labute approximate surface area is 140 Å². The molecule has 24 heavy (non-hydrogen) atoms. The zero-order valence-electron chi connectivity index (χ0n) is 14.0. The molecule has 1 aliphatic carbocycles. The fourth-order valence-corrected chi connectivity index (χ4v) is 2.45. The van der Waals surface area contributed by atoms with Crippen LogP contribution in [0.4, 0.5) is 14.5 Å². The number of hydrogen-bond acceptors (Lipinski definition) is 4. The van der Waals surface area contributed by atoms with Crippen LogP contribution in [-0.4, -0.2) is 54.7 Å². The van der Waals surface area contributed by atoms with Gasteiger partial charge in [0.15, 0.2) is 0 Å². The number of anilines is 1. The van der Waals surface area contributed by atoms with Crippen molar-refractivity contribution in [1.82, 2.24) is 4.90 Å². The van der Waals surface area contributed by atoms with Crippen molar-refractivity contribution in [3.63, 3.8) is 0 Å². The van der Waals surface area contributed by atoms with Crippen LogP contribution in [-0.2, 0) is 4.79 Å². The minimum absolute atomic E-state index is 0.0624. The highest BCUT2D eigenvalue weighted by Gasteiger charge is 2.61. The van der Waals surface area contributed by atoms with Crippen LogP contribution >= 0.6 is 0 Å². The van der Waals surface area contributed by atoms with E-state index in [9.17, 15) is 18.7 Å². The van der Waals surface area contributed by atoms with Gasteiger partial charge in [-0.3, -0.25) is 4.79 Å². The van der Waals surface area contributed by atoms with Crippen LogP contribution in [0.15, 0.2) is 24.3 Å². The van der Waals surface area contributed by atoms with Crippen LogP contribution in [0.5, 0.6) is 5.75 Å². The average molecular weight is 342 g/mol. The summed E-state index contributed by atoms with van der Waals surface area (Å²) in [5, 5.41) is 11.9. The van der Waals surface area contributed by atoms with Crippen molar-refractivity contribution >= 4 is 11.6 Å². The molecule has 1 saturated carbocycles. The predicted molar refractivity (Wildman–Crippen MR) is 87.5 cm³/mol. The van der Waals surface area contributed by atoms with Crippen molar-refractivity contribution in [3.8, 4) is 5.75 Å². The number of nitrogens with zero attached hydrogens (tertiary/aromatic N) is 1. The summed E-state index contributed by atoms with van der Waals surface area (Å²) in [6.07, 6.45) is 1.25. The molecule has 5 nitrogen and oxygen atoms in total. The van der Waals surface area contributed by atoms with Crippen LogP contribution in [0.2, 0.25) is 0 Å². The second-order valence-corrected chi connectivity index (χ2v) is 6.44. The highest BCUT2D eigenvalue weighted by Crippen LogP contribution is 2.44. The Morgan fingerprint density at radius 3 is 2.46 bits per heavy atom. The van der Waals surface area contributed by atoms with E-state index < -0.39 is 17.4 Å². The van der Waals surface area contributed by atoms with E-state index >= 15 is 0 Å². The van der Waals surface area contributed by atoms with Gasteiger partial charge in [0.05, 0.1) is 6.61 Å². The minimum atomic E-state index is -3.80. The highest BCUT2D eigenvalue weighted by molar-refractivity contribution is 5.97. The third-order valence-electron chi connectivity index (χ3n) is 4.18. The first-order valence-corrected chi connectivity index (χ1v) is 8.04. The number of benzene rings is 1. The number of nitrogens with one attached hydrogen (secondary N) is 1. The number of rotatable bonds is 8. The van der Waals surface area contributed by atoms with Crippen molar-refractivity contribution in [2.75, 3.05) is 32.6 Å². The first kappa shape index (κ1) is 18.6. The molecule has 7 heteroatoms. The van der Waals surface area contributed by atoms with Crippen LogP contribution < -0.4 is 10.1 Å². The smallest absolute Gasteiger partial charge is 0.352 e. The molecule has 2 rings (SSSR count). The van der Waals surface area contributed by atoms with E-state index in [2.05, 4.69) is 10.2 Å². The van der Waals surface area contributed by atoms with Gasteiger partial charge in [-0.05, 0) is 64.0 Å². The Kier molecular flexibility index (Phi) is 5.77. The number of carbonyl (C=O) groups excluding carboxylic acids is 1. The monoisotopic (exact) mass is 342 g/mol. The Balaban J connectivity index is 1.86. The summed E-state index contributed by atoms with van der Waals surface area (Å²) >= 11 is 0. The number of carbonyl (C=O) groups is 1. The zero-order chi connectivity index (χ0) is 17.8. The van der Waals surface area contributed by atoms with Crippen LogP contribution in [0.25, 0.3) is 0 Å². The predicted octanol–water partition coefficient (Wildman–Crippen LogP) is 2.51. The summed E-state index contributed by atoms with van der Waals surface area (Å²) in [4.78, 5) is 13.8. The molecular weight excluding hydrogens is 318 g/mol. The van der Waals surface area contributed by atoms with Crippen molar-refractivity contribution in [3.05, 3.63) is 24.3 Å². The number of ether oxygens (including phenoxy) is 1. The fourth-order valence-electron chi connectivity index (χ4n) is 2.45. The summed E-state index contributed by atoms with van der Waals surface area (Å²) in [7, 11) is 3.96. The van der Waals surface area contributed by atoms with Gasteiger partial charge in [0, 0.05) is 12.2 Å². The molecule has 0 aliphatic heterocycles. The van der Waals surface area contributed by atoms with Gasteiger partial charge in [0.2, 0.25) is 0 Å². The van der Waals surface area contributed by atoms with E-state index in [0.717, 1.165) is 13.0 Å². The Bertz CT molecular complexity index is 557. The summed E-state index contributed by atoms with van der Waals surface area (Å²) in [6, 6.07) is 6.23. The average Bonchev–Trinajstić information content (AvgIpc) is 2.50. The summed E-state index contributed by atoms with van der Waals surface area (Å²) in [6.45, 7) is 1.46. The Morgan fingerprint density at radius 1 is 1.33 bits per heavy atom. The first-order chi connectivity index (χ1) is 11.2. The maximum Gasteiger partial charge on any atom is 0.352 e. The zero-order valence-corrected chi connectivity index (χ0v) is 14.0. The number of amides is 1. The van der Waals surface area contributed by atoms with Crippen LogP contribution in [0.3, 0.4) is 0 Å². The van der Waals surface area contributed by atoms with Crippen LogP contribution in [0, 0.1) is 0 Å². The Morgan fingerprint density at radius 2 is 1.96 bits per heavy atom. The third kappa shape index (κ3) is 4.21. The molecule has 0 radical (unpaired) electrons. The van der Waals surface area contributed by atoms with Crippen LogP contribution in [0.1, 0.15) is 25.7 Å². The normalized spacial score (nSPS) is 16.6. The van der Waals surface area contributed by atoms with E-state index in [0.29, 0.717) is 18.8 Å². The summed E-state index contributed by atoms with van der Waals surface area (Å²) in [5.41, 5.74) is -1.98. The summed E-state index contributed by atoms with van der Waals surface area (Å²) < 4.78 is 33.5. The lowest BCUT2D eigenvalue weighted by atomic mass is 9.75. The summed E-state index contributed by atoms with van der Waals surface area (Å²) in [5.74, 6) is -4.67. The number of halogens is 2. The molecule has 2 N–H and O–H groups in total. The molecule has 0 aromatic heterocycles. The molecule has 1 aromatic carbocycles. The Hall–Kier alpha value is -1.73. The lowest BCUT2D eigenvalue weighted by Gasteiger charge is -2.41. The lowest BCUT2D eigenvalue weighted by Crippen LogP contribution is -2.59. The SMILES string of the molecule is CN(C)CCCOc1ccc(NC(=O)C(F)(F)C2(O)CCC2)cc1. The van der Waals surface area contributed by atoms with Gasteiger partial charge >= 0.3 is 5.92 Å². The molecule has 1 aliphatic rings. The first-order valence-electron chi connectivity index (χ1n) is 8.04. The lowest BCUT2D eigenvalue weighted by molar-refractivity contribution is -0.212. The van der Waals surface area contributed by atoms with Gasteiger partial charge < -0.3 is 20.1 Å². The topological polar surface area (TPSA) is 61.8 Å². The third-order valence-corrected chi connectivity index (χ3v) is 4.18. The molecular formula is C17H24F2N2O3. The van der Waals surface area contributed by atoms with Crippen molar-refractivity contribution in [1.29, 1.82) is 0 Å². The standard InChI is InChI=1S/C17H24F2N2O3/c1-21(2)11-4-12-24-14-7-5-13(6-8-14)20-15(22)17(18,19)16(23)9-3-10-16/h5-8,23H,3-4,9-12H2,1-2H3,(H,20,22). The number of alkyl halides is 2. The van der Waals surface area contributed by atoms with Crippen molar-refractivity contribution < 1.29 is 23.4 Å². The molecule has 1 fully saturated rings. The van der Waals surface area contributed by atoms with Gasteiger partial charge in [0.1, 0.15) is 11.4 Å². The van der Waals surface area contributed by atoms with Gasteiger partial charge in [-0.25, -0.2) is 0 Å². The number of aliphatic hydroxyl groups is 1. The van der Waals surface area contributed by atoms with Crippen molar-refractivity contribution in [2.24, 2.45) is 0 Å². The van der Waals surface area contributed by atoms with Crippen molar-refractivity contribution in [2.45, 2.75) is 37.2 Å².